The number of benzene rings is 1. The zero-order chi connectivity index (χ0) is 17.4. The van der Waals surface area contributed by atoms with Gasteiger partial charge in [-0.2, -0.15) is 0 Å². The van der Waals surface area contributed by atoms with Gasteiger partial charge < -0.3 is 25.4 Å². The predicted octanol–water partition coefficient (Wildman–Crippen LogP) is 1.28. The molecule has 0 heterocycles. The van der Waals surface area contributed by atoms with Gasteiger partial charge in [0.15, 0.2) is 0 Å². The first-order valence-electron chi connectivity index (χ1n) is 7.07. The summed E-state index contributed by atoms with van der Waals surface area (Å²) in [5.74, 6) is -0.971. The molecule has 8 heteroatoms. The Kier molecular flexibility index (Phi) is 7.80. The quantitative estimate of drug-likeness (QED) is 0.625. The summed E-state index contributed by atoms with van der Waals surface area (Å²) in [6.45, 7) is 1.16. The van der Waals surface area contributed by atoms with Gasteiger partial charge in [0.25, 0.3) is 0 Å². The molecule has 0 saturated heterocycles. The van der Waals surface area contributed by atoms with Gasteiger partial charge in [0, 0.05) is 18.8 Å². The Morgan fingerprint density at radius 3 is 2.61 bits per heavy atom. The van der Waals surface area contributed by atoms with Crippen LogP contribution in [-0.2, 0) is 9.59 Å². The number of carbonyl (C=O) groups is 2. The first kappa shape index (κ1) is 19.2. The summed E-state index contributed by atoms with van der Waals surface area (Å²) < 4.78 is 5.03. The molecular weight excluding hydrogens is 322 g/mol. The summed E-state index contributed by atoms with van der Waals surface area (Å²) in [6, 6.07) is 3.87. The van der Waals surface area contributed by atoms with Crippen molar-refractivity contribution in [3.8, 4) is 5.75 Å². The monoisotopic (exact) mass is 343 g/mol. The maximum absolute atomic E-state index is 12.0. The maximum Gasteiger partial charge on any atom is 0.321 e. The van der Waals surface area contributed by atoms with Crippen molar-refractivity contribution in [1.29, 1.82) is 0 Å². The second kappa shape index (κ2) is 9.34. The lowest BCUT2D eigenvalue weighted by Crippen LogP contribution is -2.42. The van der Waals surface area contributed by atoms with E-state index in [1.807, 2.05) is 19.0 Å². The molecule has 0 aromatic heterocycles. The molecule has 1 amide bonds. The Morgan fingerprint density at radius 2 is 2.09 bits per heavy atom. The number of amides is 1. The highest BCUT2D eigenvalue weighted by molar-refractivity contribution is 6.32. The average molecular weight is 344 g/mol. The van der Waals surface area contributed by atoms with E-state index in [1.165, 1.54) is 7.11 Å². The van der Waals surface area contributed by atoms with Gasteiger partial charge in [-0.25, -0.2) is 0 Å². The number of nitrogens with zero attached hydrogens (tertiary/aromatic N) is 1. The first-order chi connectivity index (χ1) is 10.8. The lowest BCUT2D eigenvalue weighted by Gasteiger charge is -2.16. The number of carboxylic acid groups (broad SMARTS) is 1. The topological polar surface area (TPSA) is 90.9 Å². The van der Waals surface area contributed by atoms with Crippen molar-refractivity contribution in [3.63, 3.8) is 0 Å². The van der Waals surface area contributed by atoms with E-state index < -0.39 is 17.9 Å². The van der Waals surface area contributed by atoms with Crippen LogP contribution in [0.5, 0.6) is 5.75 Å². The van der Waals surface area contributed by atoms with Gasteiger partial charge in [0.1, 0.15) is 11.8 Å². The van der Waals surface area contributed by atoms with Gasteiger partial charge in [0.2, 0.25) is 5.91 Å². The van der Waals surface area contributed by atoms with Crippen molar-refractivity contribution in [2.75, 3.05) is 39.6 Å². The largest absolute Gasteiger partial charge is 0.495 e. The first-order valence-corrected chi connectivity index (χ1v) is 7.45. The minimum absolute atomic E-state index is 0.174. The fourth-order valence-corrected chi connectivity index (χ4v) is 2.11. The van der Waals surface area contributed by atoms with Gasteiger partial charge in [-0.05, 0) is 32.3 Å². The number of likely N-dealkylation sites (N-methyl/N-ethyl adjacent to an activating group) is 1. The molecule has 0 unspecified atom stereocenters. The van der Waals surface area contributed by atoms with E-state index in [0.717, 1.165) is 0 Å². The number of methoxy groups -OCH3 is 1. The molecule has 1 aromatic carbocycles. The second-order valence-electron chi connectivity index (χ2n) is 5.25. The van der Waals surface area contributed by atoms with E-state index in [-0.39, 0.29) is 6.42 Å². The number of anilines is 1. The van der Waals surface area contributed by atoms with Gasteiger partial charge in [-0.1, -0.05) is 11.6 Å². The van der Waals surface area contributed by atoms with E-state index in [2.05, 4.69) is 10.6 Å². The highest BCUT2D eigenvalue weighted by Gasteiger charge is 2.20. The van der Waals surface area contributed by atoms with Gasteiger partial charge in [-0.15, -0.1) is 0 Å². The van der Waals surface area contributed by atoms with Gasteiger partial charge in [0.05, 0.1) is 18.6 Å². The third-order valence-corrected chi connectivity index (χ3v) is 3.37. The number of carboxylic acids is 1. The second-order valence-corrected chi connectivity index (χ2v) is 5.66. The van der Waals surface area contributed by atoms with E-state index in [9.17, 15) is 14.7 Å². The molecule has 0 radical (unpaired) electrons. The Morgan fingerprint density at radius 1 is 1.39 bits per heavy atom. The Bertz CT molecular complexity index is 552. The molecule has 0 saturated carbocycles. The molecule has 3 N–H and O–H groups in total. The van der Waals surface area contributed by atoms with Crippen LogP contribution in [0, 0.1) is 0 Å². The third-order valence-electron chi connectivity index (χ3n) is 3.07. The summed E-state index contributed by atoms with van der Waals surface area (Å²) in [5, 5.41) is 15.0. The molecule has 0 aliphatic heterocycles. The van der Waals surface area contributed by atoms with Crippen molar-refractivity contribution in [1.82, 2.24) is 10.2 Å². The van der Waals surface area contributed by atoms with E-state index in [4.69, 9.17) is 16.3 Å². The highest BCUT2D eigenvalue weighted by atomic mass is 35.5. The minimum atomic E-state index is -1.06. The van der Waals surface area contributed by atoms with Crippen molar-refractivity contribution >= 4 is 29.2 Å². The van der Waals surface area contributed by atoms with Gasteiger partial charge >= 0.3 is 5.97 Å². The van der Waals surface area contributed by atoms with Crippen molar-refractivity contribution in [3.05, 3.63) is 23.2 Å². The van der Waals surface area contributed by atoms with Crippen LogP contribution in [0.3, 0.4) is 0 Å². The lowest BCUT2D eigenvalue weighted by atomic mass is 10.2. The molecule has 0 aliphatic rings. The predicted molar refractivity (Wildman–Crippen MR) is 89.2 cm³/mol. The molecule has 0 aliphatic carbocycles. The number of carbonyl (C=O) groups excluding carboxylic acids is 1. The molecule has 1 atom stereocenters. The molecule has 0 spiro atoms. The van der Waals surface area contributed by atoms with E-state index in [1.54, 1.807) is 18.2 Å². The van der Waals surface area contributed by atoms with Crippen molar-refractivity contribution in [2.24, 2.45) is 0 Å². The number of halogens is 1. The number of hydrogen-bond donors (Lipinski definition) is 3. The zero-order valence-corrected chi connectivity index (χ0v) is 14.2. The van der Waals surface area contributed by atoms with Crippen LogP contribution < -0.4 is 15.4 Å². The number of aliphatic carboxylic acids is 1. The molecule has 1 aromatic rings. The lowest BCUT2D eigenvalue weighted by molar-refractivity contribution is -0.141. The van der Waals surface area contributed by atoms with Crippen LogP contribution >= 0.6 is 11.6 Å². The summed E-state index contributed by atoms with van der Waals surface area (Å²) in [6.07, 6.45) is -0.174. The normalized spacial score (nSPS) is 12.0. The summed E-state index contributed by atoms with van der Waals surface area (Å²) >= 11 is 5.98. The van der Waals surface area contributed by atoms with Crippen LogP contribution in [0.2, 0.25) is 5.02 Å². The molecule has 7 nitrogen and oxygen atoms in total. The third kappa shape index (κ3) is 6.85. The Labute approximate surface area is 140 Å². The Hall–Kier alpha value is -1.83. The van der Waals surface area contributed by atoms with Crippen molar-refractivity contribution in [2.45, 2.75) is 12.5 Å². The summed E-state index contributed by atoms with van der Waals surface area (Å²) in [7, 11) is 5.27. The van der Waals surface area contributed by atoms with Gasteiger partial charge in [-0.3, -0.25) is 9.59 Å². The molecule has 1 rings (SSSR count). The maximum atomic E-state index is 12.0. The van der Waals surface area contributed by atoms with Crippen LogP contribution in [0.15, 0.2) is 18.2 Å². The van der Waals surface area contributed by atoms with Crippen LogP contribution in [0.1, 0.15) is 6.42 Å². The SMILES string of the molecule is COc1ccc(NC(=O)C[C@H](NCCN(C)C)C(=O)O)cc1Cl. The van der Waals surface area contributed by atoms with Crippen LogP contribution in [-0.4, -0.2) is 62.2 Å². The fourth-order valence-electron chi connectivity index (χ4n) is 1.85. The average Bonchev–Trinajstić information content (AvgIpc) is 2.45. The number of rotatable bonds is 9. The summed E-state index contributed by atoms with van der Waals surface area (Å²) in [4.78, 5) is 25.1. The van der Waals surface area contributed by atoms with E-state index >= 15 is 0 Å². The van der Waals surface area contributed by atoms with Crippen LogP contribution in [0.4, 0.5) is 5.69 Å². The smallest absolute Gasteiger partial charge is 0.321 e. The molecule has 128 valence electrons. The number of ether oxygens (including phenoxy) is 1. The molecular formula is C15H22ClN3O4. The molecule has 0 fully saturated rings. The Balaban J connectivity index is 2.58. The molecule has 23 heavy (non-hydrogen) atoms. The van der Waals surface area contributed by atoms with E-state index in [0.29, 0.717) is 29.5 Å². The fraction of sp³-hybridized carbons (Fsp3) is 0.467. The standard InChI is InChI=1S/C15H22ClN3O4/c1-19(2)7-6-17-12(15(21)22)9-14(20)18-10-4-5-13(23-3)11(16)8-10/h4-5,8,12,17H,6-7,9H2,1-3H3,(H,18,20)(H,21,22)/t12-/m0/s1. The van der Waals surface area contributed by atoms with Crippen molar-refractivity contribution < 1.29 is 19.4 Å². The summed E-state index contributed by atoms with van der Waals surface area (Å²) in [5.41, 5.74) is 0.484. The number of nitrogens with one attached hydrogen (secondary N) is 2. The molecule has 0 bridgehead atoms. The number of hydrogen-bond acceptors (Lipinski definition) is 5. The minimum Gasteiger partial charge on any atom is -0.495 e. The highest BCUT2D eigenvalue weighted by Crippen LogP contribution is 2.27. The van der Waals surface area contributed by atoms with Crippen LogP contribution in [0.25, 0.3) is 0 Å². The zero-order valence-electron chi connectivity index (χ0n) is 13.4.